The molecule has 0 bridgehead atoms. The zero-order chi connectivity index (χ0) is 14.7. The number of aryl methyl sites for hydroxylation is 2. The smallest absolute Gasteiger partial charge is 0.124 e. The Hall–Kier alpha value is -1.26. The van der Waals surface area contributed by atoms with Crippen molar-refractivity contribution in [1.82, 2.24) is 10.3 Å². The lowest BCUT2D eigenvalue weighted by atomic mass is 10.1. The zero-order valence-corrected chi connectivity index (χ0v) is 13.3. The third-order valence-electron chi connectivity index (χ3n) is 3.07. The molecule has 0 amide bonds. The van der Waals surface area contributed by atoms with E-state index in [2.05, 4.69) is 31.1 Å². The summed E-state index contributed by atoms with van der Waals surface area (Å²) < 4.78 is 13.5. The number of hydrogen-bond donors (Lipinski definition) is 1. The maximum absolute atomic E-state index is 13.5. The van der Waals surface area contributed by atoms with E-state index in [-0.39, 0.29) is 5.82 Å². The van der Waals surface area contributed by atoms with Gasteiger partial charge in [0.25, 0.3) is 0 Å². The maximum atomic E-state index is 13.5. The van der Waals surface area contributed by atoms with Crippen molar-refractivity contribution < 1.29 is 4.39 Å². The van der Waals surface area contributed by atoms with E-state index in [1.165, 1.54) is 4.88 Å². The van der Waals surface area contributed by atoms with Crippen LogP contribution in [0.2, 0.25) is 0 Å². The highest BCUT2D eigenvalue weighted by Gasteiger charge is 2.12. The monoisotopic (exact) mass is 292 g/mol. The third-order valence-corrected chi connectivity index (χ3v) is 4.22. The Morgan fingerprint density at radius 3 is 2.65 bits per heavy atom. The van der Waals surface area contributed by atoms with Gasteiger partial charge in [0.1, 0.15) is 10.8 Å². The maximum Gasteiger partial charge on any atom is 0.124 e. The largest absolute Gasteiger partial charge is 0.310 e. The van der Waals surface area contributed by atoms with Crippen molar-refractivity contribution in [1.29, 1.82) is 0 Å². The summed E-state index contributed by atoms with van der Waals surface area (Å²) >= 11 is 1.66. The highest BCUT2D eigenvalue weighted by Crippen LogP contribution is 2.29. The SMILES string of the molecule is CCc1nc(-c2cc(C)cc(F)c2)sc1CNC(C)C. The summed E-state index contributed by atoms with van der Waals surface area (Å²) in [7, 11) is 0. The summed E-state index contributed by atoms with van der Waals surface area (Å²) in [5.74, 6) is -0.199. The Balaban J connectivity index is 2.32. The molecule has 0 aliphatic heterocycles. The van der Waals surface area contributed by atoms with E-state index in [0.29, 0.717) is 6.04 Å². The summed E-state index contributed by atoms with van der Waals surface area (Å²) in [6.07, 6.45) is 0.903. The van der Waals surface area contributed by atoms with E-state index in [0.717, 1.165) is 34.8 Å². The van der Waals surface area contributed by atoms with Crippen LogP contribution in [0.4, 0.5) is 4.39 Å². The van der Waals surface area contributed by atoms with E-state index < -0.39 is 0 Å². The van der Waals surface area contributed by atoms with Crippen LogP contribution in [-0.2, 0) is 13.0 Å². The molecule has 2 rings (SSSR count). The molecule has 1 aromatic carbocycles. The quantitative estimate of drug-likeness (QED) is 0.888. The van der Waals surface area contributed by atoms with Gasteiger partial charge in [0.15, 0.2) is 0 Å². The lowest BCUT2D eigenvalue weighted by Crippen LogP contribution is -2.21. The van der Waals surface area contributed by atoms with Gasteiger partial charge in [0.2, 0.25) is 0 Å². The number of rotatable bonds is 5. The van der Waals surface area contributed by atoms with E-state index in [1.54, 1.807) is 23.5 Å². The minimum atomic E-state index is -0.199. The van der Waals surface area contributed by atoms with Gasteiger partial charge in [0, 0.05) is 23.0 Å². The van der Waals surface area contributed by atoms with E-state index in [1.807, 2.05) is 13.0 Å². The Morgan fingerprint density at radius 1 is 1.30 bits per heavy atom. The van der Waals surface area contributed by atoms with Crippen LogP contribution in [-0.4, -0.2) is 11.0 Å². The zero-order valence-electron chi connectivity index (χ0n) is 12.5. The Kier molecular flexibility index (Phi) is 4.89. The van der Waals surface area contributed by atoms with Gasteiger partial charge in [-0.05, 0) is 37.1 Å². The number of nitrogens with one attached hydrogen (secondary N) is 1. The normalized spacial score (nSPS) is 11.3. The number of halogens is 1. The molecule has 4 heteroatoms. The first-order valence-corrected chi connectivity index (χ1v) is 7.80. The summed E-state index contributed by atoms with van der Waals surface area (Å²) in [6.45, 7) is 9.09. The Labute approximate surface area is 124 Å². The van der Waals surface area contributed by atoms with Gasteiger partial charge in [-0.3, -0.25) is 0 Å². The number of nitrogens with zero attached hydrogens (tertiary/aromatic N) is 1. The second-order valence-corrected chi connectivity index (χ2v) is 6.38. The first-order chi connectivity index (χ1) is 9.49. The third kappa shape index (κ3) is 3.64. The molecular formula is C16H21FN2S. The highest BCUT2D eigenvalue weighted by atomic mass is 32.1. The van der Waals surface area contributed by atoms with Crippen molar-refractivity contribution in [2.45, 2.75) is 46.7 Å². The second-order valence-electron chi connectivity index (χ2n) is 5.30. The van der Waals surface area contributed by atoms with Crippen LogP contribution in [0.5, 0.6) is 0 Å². The molecule has 1 heterocycles. The van der Waals surface area contributed by atoms with E-state index >= 15 is 0 Å². The van der Waals surface area contributed by atoms with Gasteiger partial charge in [-0.2, -0.15) is 0 Å². The first-order valence-electron chi connectivity index (χ1n) is 6.99. The number of hydrogen-bond acceptors (Lipinski definition) is 3. The molecule has 108 valence electrons. The molecule has 1 N–H and O–H groups in total. The molecule has 0 fully saturated rings. The molecule has 2 nitrogen and oxygen atoms in total. The topological polar surface area (TPSA) is 24.9 Å². The van der Waals surface area contributed by atoms with Gasteiger partial charge < -0.3 is 5.32 Å². The van der Waals surface area contributed by atoms with Crippen molar-refractivity contribution in [3.8, 4) is 10.6 Å². The van der Waals surface area contributed by atoms with Crippen LogP contribution in [0.3, 0.4) is 0 Å². The fourth-order valence-corrected chi connectivity index (χ4v) is 3.17. The van der Waals surface area contributed by atoms with Crippen LogP contribution < -0.4 is 5.32 Å². The standard InChI is InChI=1S/C16H21FN2S/c1-5-14-15(9-18-10(2)3)20-16(19-14)12-6-11(4)7-13(17)8-12/h6-8,10,18H,5,9H2,1-4H3. The van der Waals surface area contributed by atoms with Gasteiger partial charge in [0.05, 0.1) is 5.69 Å². The molecule has 0 atom stereocenters. The molecule has 20 heavy (non-hydrogen) atoms. The lowest BCUT2D eigenvalue weighted by molar-refractivity contribution is 0.590. The van der Waals surface area contributed by atoms with E-state index in [9.17, 15) is 4.39 Å². The molecule has 1 aromatic heterocycles. The average Bonchev–Trinajstić information content (AvgIpc) is 2.78. The van der Waals surface area contributed by atoms with Crippen LogP contribution in [0.15, 0.2) is 18.2 Å². The number of aromatic nitrogens is 1. The van der Waals surface area contributed by atoms with Crippen LogP contribution in [0, 0.1) is 12.7 Å². The van der Waals surface area contributed by atoms with Crippen molar-refractivity contribution in [3.63, 3.8) is 0 Å². The molecule has 0 aliphatic rings. The van der Waals surface area contributed by atoms with Crippen LogP contribution in [0.25, 0.3) is 10.6 Å². The fourth-order valence-electron chi connectivity index (χ4n) is 2.08. The molecule has 0 unspecified atom stereocenters. The summed E-state index contributed by atoms with van der Waals surface area (Å²) in [6, 6.07) is 5.53. The molecule has 0 aliphatic carbocycles. The summed E-state index contributed by atoms with van der Waals surface area (Å²) in [5, 5.41) is 4.33. The van der Waals surface area contributed by atoms with Gasteiger partial charge in [-0.1, -0.05) is 20.8 Å². The van der Waals surface area contributed by atoms with Gasteiger partial charge in [-0.15, -0.1) is 11.3 Å². The number of thiazole rings is 1. The molecule has 0 saturated heterocycles. The van der Waals surface area contributed by atoms with Crippen molar-refractivity contribution in [3.05, 3.63) is 40.2 Å². The summed E-state index contributed by atoms with van der Waals surface area (Å²) in [5.41, 5.74) is 2.91. The summed E-state index contributed by atoms with van der Waals surface area (Å²) in [4.78, 5) is 5.92. The predicted octanol–water partition coefficient (Wildman–Crippen LogP) is 4.32. The molecule has 0 radical (unpaired) electrons. The van der Waals surface area contributed by atoms with Crippen LogP contribution in [0.1, 0.15) is 36.9 Å². The van der Waals surface area contributed by atoms with Gasteiger partial charge in [-0.25, -0.2) is 9.37 Å². The van der Waals surface area contributed by atoms with Crippen LogP contribution >= 0.6 is 11.3 Å². The first kappa shape index (κ1) is 15.1. The van der Waals surface area contributed by atoms with Crippen molar-refractivity contribution in [2.24, 2.45) is 0 Å². The number of benzene rings is 1. The lowest BCUT2D eigenvalue weighted by Gasteiger charge is -2.06. The van der Waals surface area contributed by atoms with E-state index in [4.69, 9.17) is 0 Å². The van der Waals surface area contributed by atoms with Gasteiger partial charge >= 0.3 is 0 Å². The minimum Gasteiger partial charge on any atom is -0.310 e. The van der Waals surface area contributed by atoms with Crippen molar-refractivity contribution in [2.75, 3.05) is 0 Å². The molecular weight excluding hydrogens is 271 g/mol. The minimum absolute atomic E-state index is 0.199. The second kappa shape index (κ2) is 6.46. The average molecular weight is 292 g/mol. The Bertz CT molecular complexity index is 570. The Morgan fingerprint density at radius 2 is 2.05 bits per heavy atom. The van der Waals surface area contributed by atoms with Crippen molar-refractivity contribution >= 4 is 11.3 Å². The fraction of sp³-hybridized carbons (Fsp3) is 0.438. The predicted molar refractivity (Wildman–Crippen MR) is 83.6 cm³/mol. The molecule has 2 aromatic rings. The molecule has 0 saturated carbocycles. The molecule has 0 spiro atoms. The highest BCUT2D eigenvalue weighted by molar-refractivity contribution is 7.15.